The third kappa shape index (κ3) is 5.23. The SMILES string of the molecule is O=C1CCN(c2cccc(CNS(=O)(=O)c3cccc(OC4CCCC4)c3)c2)C(=O)N1. The number of rotatable bonds is 7. The molecular formula is C22H25N3O5S. The molecule has 2 aromatic carbocycles. The molecule has 0 spiro atoms. The number of nitrogens with zero attached hydrogens (tertiary/aromatic N) is 1. The van der Waals surface area contributed by atoms with Gasteiger partial charge < -0.3 is 4.74 Å². The van der Waals surface area contributed by atoms with Crippen LogP contribution in [0.3, 0.4) is 0 Å². The average molecular weight is 444 g/mol. The third-order valence-corrected chi connectivity index (χ3v) is 6.86. The summed E-state index contributed by atoms with van der Waals surface area (Å²) < 4.78 is 34.1. The minimum atomic E-state index is -3.74. The lowest BCUT2D eigenvalue weighted by Gasteiger charge is -2.26. The van der Waals surface area contributed by atoms with Crippen molar-refractivity contribution >= 4 is 27.6 Å². The van der Waals surface area contributed by atoms with E-state index in [0.29, 0.717) is 17.0 Å². The fourth-order valence-corrected chi connectivity index (χ4v) is 4.87. The first-order valence-corrected chi connectivity index (χ1v) is 11.9. The summed E-state index contributed by atoms with van der Waals surface area (Å²) in [7, 11) is -3.74. The van der Waals surface area contributed by atoms with Gasteiger partial charge in [0.2, 0.25) is 15.9 Å². The van der Waals surface area contributed by atoms with Crippen molar-refractivity contribution < 1.29 is 22.7 Å². The van der Waals surface area contributed by atoms with E-state index in [4.69, 9.17) is 4.74 Å². The Kier molecular flexibility index (Phi) is 6.24. The van der Waals surface area contributed by atoms with Crippen LogP contribution in [0.4, 0.5) is 10.5 Å². The number of carbonyl (C=O) groups is 2. The highest BCUT2D eigenvalue weighted by Gasteiger charge is 2.24. The van der Waals surface area contributed by atoms with E-state index in [1.165, 1.54) is 11.0 Å². The fourth-order valence-electron chi connectivity index (χ4n) is 3.82. The van der Waals surface area contributed by atoms with Crippen LogP contribution in [-0.4, -0.2) is 33.0 Å². The zero-order chi connectivity index (χ0) is 21.8. The summed E-state index contributed by atoms with van der Waals surface area (Å²) in [6.07, 6.45) is 4.64. The van der Waals surface area contributed by atoms with E-state index in [2.05, 4.69) is 10.0 Å². The van der Waals surface area contributed by atoms with Crippen LogP contribution < -0.4 is 19.7 Å². The predicted octanol–water partition coefficient (Wildman–Crippen LogP) is 2.93. The van der Waals surface area contributed by atoms with Gasteiger partial charge >= 0.3 is 6.03 Å². The van der Waals surface area contributed by atoms with Gasteiger partial charge in [-0.3, -0.25) is 15.0 Å². The van der Waals surface area contributed by atoms with Crippen molar-refractivity contribution in [3.05, 3.63) is 54.1 Å². The van der Waals surface area contributed by atoms with Crippen molar-refractivity contribution in [3.63, 3.8) is 0 Å². The lowest BCUT2D eigenvalue weighted by molar-refractivity contribution is -0.120. The summed E-state index contributed by atoms with van der Waals surface area (Å²) in [6.45, 7) is 0.353. The molecule has 2 N–H and O–H groups in total. The highest BCUT2D eigenvalue weighted by Crippen LogP contribution is 2.26. The van der Waals surface area contributed by atoms with Crippen LogP contribution in [0.25, 0.3) is 0 Å². The number of carbonyl (C=O) groups excluding carboxylic acids is 2. The Morgan fingerprint density at radius 2 is 1.84 bits per heavy atom. The molecular weight excluding hydrogens is 418 g/mol. The zero-order valence-corrected chi connectivity index (χ0v) is 17.9. The van der Waals surface area contributed by atoms with E-state index in [-0.39, 0.29) is 36.4 Å². The number of sulfonamides is 1. The molecule has 2 fully saturated rings. The molecule has 4 rings (SSSR count). The molecule has 164 valence electrons. The second kappa shape index (κ2) is 9.07. The molecule has 0 unspecified atom stereocenters. The van der Waals surface area contributed by atoms with Crippen molar-refractivity contribution in [2.45, 2.75) is 49.6 Å². The molecule has 1 saturated heterocycles. The Morgan fingerprint density at radius 3 is 2.61 bits per heavy atom. The predicted molar refractivity (Wildman–Crippen MR) is 115 cm³/mol. The van der Waals surface area contributed by atoms with Gasteiger partial charge in [-0.15, -0.1) is 0 Å². The van der Waals surface area contributed by atoms with Crippen LogP contribution >= 0.6 is 0 Å². The number of hydrogen-bond acceptors (Lipinski definition) is 5. The van der Waals surface area contributed by atoms with Gasteiger partial charge in [0.15, 0.2) is 0 Å². The first-order chi connectivity index (χ1) is 14.9. The first-order valence-electron chi connectivity index (χ1n) is 10.4. The van der Waals surface area contributed by atoms with Gasteiger partial charge in [-0.1, -0.05) is 18.2 Å². The summed E-state index contributed by atoms with van der Waals surface area (Å²) >= 11 is 0. The summed E-state index contributed by atoms with van der Waals surface area (Å²) in [6, 6.07) is 13.1. The van der Waals surface area contributed by atoms with Crippen LogP contribution in [0.15, 0.2) is 53.4 Å². The minimum Gasteiger partial charge on any atom is -0.490 e. The third-order valence-electron chi connectivity index (χ3n) is 5.46. The lowest BCUT2D eigenvalue weighted by Crippen LogP contribution is -2.49. The van der Waals surface area contributed by atoms with Crippen LogP contribution in [0.5, 0.6) is 5.75 Å². The molecule has 0 aromatic heterocycles. The number of ether oxygens (including phenoxy) is 1. The van der Waals surface area contributed by atoms with Crippen LogP contribution in [0, 0.1) is 0 Å². The van der Waals surface area contributed by atoms with Crippen molar-refractivity contribution in [3.8, 4) is 5.75 Å². The smallest absolute Gasteiger partial charge is 0.328 e. The molecule has 3 amide bonds. The fraction of sp³-hybridized carbons (Fsp3) is 0.364. The number of urea groups is 1. The highest BCUT2D eigenvalue weighted by molar-refractivity contribution is 7.89. The lowest BCUT2D eigenvalue weighted by atomic mass is 10.1. The Hall–Kier alpha value is -2.91. The quantitative estimate of drug-likeness (QED) is 0.685. The number of anilines is 1. The maximum atomic E-state index is 12.8. The summed E-state index contributed by atoms with van der Waals surface area (Å²) in [5.41, 5.74) is 1.30. The topological polar surface area (TPSA) is 105 Å². The Labute approximate surface area is 181 Å². The Bertz CT molecular complexity index is 1080. The van der Waals surface area contributed by atoms with Crippen molar-refractivity contribution in [1.29, 1.82) is 0 Å². The van der Waals surface area contributed by atoms with Crippen LogP contribution in [0.2, 0.25) is 0 Å². The minimum absolute atomic E-state index is 0.0677. The number of hydrogen-bond donors (Lipinski definition) is 2. The molecule has 2 aliphatic rings. The van der Waals surface area contributed by atoms with E-state index < -0.39 is 16.1 Å². The van der Waals surface area contributed by atoms with Gasteiger partial charge in [-0.05, 0) is 55.5 Å². The van der Waals surface area contributed by atoms with Gasteiger partial charge in [0.05, 0.1) is 11.0 Å². The van der Waals surface area contributed by atoms with Gasteiger partial charge in [0.25, 0.3) is 0 Å². The average Bonchev–Trinajstić information content (AvgIpc) is 3.26. The molecule has 1 heterocycles. The number of benzene rings is 2. The second-order valence-electron chi connectivity index (χ2n) is 7.75. The van der Waals surface area contributed by atoms with Crippen molar-refractivity contribution in [2.24, 2.45) is 0 Å². The highest BCUT2D eigenvalue weighted by atomic mass is 32.2. The molecule has 0 bridgehead atoms. The summed E-state index contributed by atoms with van der Waals surface area (Å²) in [4.78, 5) is 25.0. The summed E-state index contributed by atoms with van der Waals surface area (Å²) in [5, 5.41) is 2.28. The molecule has 1 aliphatic carbocycles. The maximum Gasteiger partial charge on any atom is 0.328 e. The number of amides is 3. The molecule has 1 aliphatic heterocycles. The number of imide groups is 1. The van der Waals surface area contributed by atoms with Gasteiger partial charge in [-0.25, -0.2) is 17.9 Å². The van der Waals surface area contributed by atoms with Gasteiger partial charge in [0, 0.05) is 31.3 Å². The van der Waals surface area contributed by atoms with E-state index in [9.17, 15) is 18.0 Å². The van der Waals surface area contributed by atoms with E-state index >= 15 is 0 Å². The van der Waals surface area contributed by atoms with Gasteiger partial charge in [0.1, 0.15) is 5.75 Å². The van der Waals surface area contributed by atoms with Crippen LogP contribution in [0.1, 0.15) is 37.7 Å². The standard InChI is InChI=1S/C22H25N3O5S/c26-21-11-12-25(22(27)24-21)17-6-3-5-16(13-17)15-23-31(28,29)20-10-4-9-19(14-20)30-18-7-1-2-8-18/h3-6,9-10,13-14,18,23H,1-2,7-8,11-12,15H2,(H,24,26,27). The van der Waals surface area contributed by atoms with Crippen molar-refractivity contribution in [1.82, 2.24) is 10.0 Å². The zero-order valence-electron chi connectivity index (χ0n) is 17.0. The Balaban J connectivity index is 1.43. The van der Waals surface area contributed by atoms with Gasteiger partial charge in [-0.2, -0.15) is 0 Å². The molecule has 2 aromatic rings. The first kappa shape index (κ1) is 21.3. The molecule has 9 heteroatoms. The largest absolute Gasteiger partial charge is 0.490 e. The van der Waals surface area contributed by atoms with Crippen molar-refractivity contribution in [2.75, 3.05) is 11.4 Å². The molecule has 8 nitrogen and oxygen atoms in total. The molecule has 1 saturated carbocycles. The maximum absolute atomic E-state index is 12.8. The number of nitrogens with one attached hydrogen (secondary N) is 2. The van der Waals surface area contributed by atoms with Crippen LogP contribution in [-0.2, 0) is 21.4 Å². The van der Waals surface area contributed by atoms with E-state index in [0.717, 1.165) is 25.7 Å². The monoisotopic (exact) mass is 443 g/mol. The van der Waals surface area contributed by atoms with E-state index in [1.807, 2.05) is 0 Å². The normalized spacial score (nSPS) is 17.6. The second-order valence-corrected chi connectivity index (χ2v) is 9.52. The summed E-state index contributed by atoms with van der Waals surface area (Å²) in [5.74, 6) is 0.256. The van der Waals surface area contributed by atoms with E-state index in [1.54, 1.807) is 42.5 Å². The Morgan fingerprint density at radius 1 is 1.06 bits per heavy atom. The molecule has 0 radical (unpaired) electrons. The molecule has 0 atom stereocenters. The molecule has 31 heavy (non-hydrogen) atoms.